The van der Waals surface area contributed by atoms with Gasteiger partial charge in [0.1, 0.15) is 0 Å². The summed E-state index contributed by atoms with van der Waals surface area (Å²) in [5, 5.41) is 0. The highest BCUT2D eigenvalue weighted by molar-refractivity contribution is 7.59. The Hall–Kier alpha value is -0.0700. The van der Waals surface area contributed by atoms with Gasteiger partial charge in [0, 0.05) is 12.3 Å². The fraction of sp³-hybridized carbons (Fsp3) is 0.778. The molecule has 0 aliphatic carbocycles. The van der Waals surface area contributed by atoms with Crippen LogP contribution in [0.4, 0.5) is 0 Å². The zero-order chi connectivity index (χ0) is 9.61. The summed E-state index contributed by atoms with van der Waals surface area (Å²) in [5.41, 5.74) is 0. The second-order valence-corrected chi connectivity index (χ2v) is 6.18. The lowest BCUT2D eigenvalue weighted by Crippen LogP contribution is -2.03. The van der Waals surface area contributed by atoms with Crippen LogP contribution in [0.5, 0.6) is 0 Å². The van der Waals surface area contributed by atoms with E-state index in [0.717, 1.165) is 0 Å². The molecule has 0 fully saturated rings. The van der Waals surface area contributed by atoms with Crippen LogP contribution in [-0.2, 0) is 9.09 Å². The maximum atomic E-state index is 11.8. The highest BCUT2D eigenvalue weighted by Gasteiger charge is 2.18. The minimum atomic E-state index is -2.37. The van der Waals surface area contributed by atoms with E-state index in [-0.39, 0.29) is 0 Å². The van der Waals surface area contributed by atoms with Gasteiger partial charge in [-0.2, -0.15) is 0 Å². The van der Waals surface area contributed by atoms with Crippen LogP contribution in [0.1, 0.15) is 20.8 Å². The third-order valence-corrected chi connectivity index (χ3v) is 3.93. The molecule has 0 radical (unpaired) electrons. The minimum absolute atomic E-state index is 0.440. The molecule has 0 spiro atoms. The fourth-order valence-corrected chi connectivity index (χ4v) is 2.26. The van der Waals surface area contributed by atoms with E-state index >= 15 is 0 Å². The number of allylic oxidation sites excluding steroid dienone is 1. The van der Waals surface area contributed by atoms with E-state index in [2.05, 4.69) is 6.58 Å². The van der Waals surface area contributed by atoms with E-state index in [9.17, 15) is 4.57 Å². The smallest absolute Gasteiger partial charge is 0.206 e. The summed E-state index contributed by atoms with van der Waals surface area (Å²) in [7, 11) is -2.37. The molecule has 3 heteroatoms. The molecule has 0 rings (SSSR count). The average Bonchev–Trinajstić information content (AvgIpc) is 2.02. The quantitative estimate of drug-likeness (QED) is 0.475. The van der Waals surface area contributed by atoms with Gasteiger partial charge in [0.2, 0.25) is 7.37 Å². The van der Waals surface area contributed by atoms with Crippen LogP contribution in [0.2, 0.25) is 0 Å². The molecular weight excluding hydrogens is 171 g/mol. The summed E-state index contributed by atoms with van der Waals surface area (Å²) in [4.78, 5) is 0. The lowest BCUT2D eigenvalue weighted by atomic mass is 10.2. The molecule has 0 saturated carbocycles. The van der Waals surface area contributed by atoms with Crippen molar-refractivity contribution in [3.8, 4) is 0 Å². The van der Waals surface area contributed by atoms with Crippen molar-refractivity contribution >= 4 is 7.37 Å². The van der Waals surface area contributed by atoms with E-state index in [0.29, 0.717) is 24.8 Å². The molecule has 72 valence electrons. The van der Waals surface area contributed by atoms with Crippen LogP contribution in [-0.4, -0.2) is 18.9 Å². The SMILES string of the molecule is C=CCP(=O)(CC)OCC(C)C. The monoisotopic (exact) mass is 190 g/mol. The predicted octanol–water partition coefficient (Wildman–Crippen LogP) is 3.14. The van der Waals surface area contributed by atoms with E-state index in [1.807, 2.05) is 20.8 Å². The van der Waals surface area contributed by atoms with Crippen LogP contribution in [0, 0.1) is 5.92 Å². The average molecular weight is 190 g/mol. The van der Waals surface area contributed by atoms with Gasteiger partial charge in [-0.05, 0) is 5.92 Å². The van der Waals surface area contributed by atoms with Crippen molar-refractivity contribution in [2.24, 2.45) is 5.92 Å². The molecule has 1 atom stereocenters. The highest BCUT2D eigenvalue weighted by atomic mass is 31.2. The first kappa shape index (κ1) is 11.9. The Balaban J connectivity index is 3.96. The van der Waals surface area contributed by atoms with Crippen LogP contribution < -0.4 is 0 Å². The van der Waals surface area contributed by atoms with Gasteiger partial charge in [-0.3, -0.25) is 4.57 Å². The summed E-state index contributed by atoms with van der Waals surface area (Å²) in [6, 6.07) is 0. The summed E-state index contributed by atoms with van der Waals surface area (Å²) < 4.78 is 17.2. The van der Waals surface area contributed by atoms with E-state index in [4.69, 9.17) is 4.52 Å². The number of rotatable bonds is 6. The third kappa shape index (κ3) is 4.74. The van der Waals surface area contributed by atoms with Crippen molar-refractivity contribution < 1.29 is 9.09 Å². The summed E-state index contributed by atoms with van der Waals surface area (Å²) in [6.07, 6.45) is 2.77. The van der Waals surface area contributed by atoms with Gasteiger partial charge in [0.25, 0.3) is 0 Å². The van der Waals surface area contributed by atoms with E-state index in [1.165, 1.54) is 0 Å². The first-order valence-electron chi connectivity index (χ1n) is 4.37. The van der Waals surface area contributed by atoms with Crippen molar-refractivity contribution in [3.63, 3.8) is 0 Å². The van der Waals surface area contributed by atoms with Crippen LogP contribution in [0.3, 0.4) is 0 Å². The summed E-state index contributed by atoms with van der Waals surface area (Å²) in [5.74, 6) is 0.440. The second-order valence-electron chi connectivity index (χ2n) is 3.29. The Morgan fingerprint density at radius 1 is 1.58 bits per heavy atom. The Morgan fingerprint density at radius 2 is 2.17 bits per heavy atom. The van der Waals surface area contributed by atoms with Gasteiger partial charge in [-0.15, -0.1) is 6.58 Å². The van der Waals surface area contributed by atoms with E-state index in [1.54, 1.807) is 6.08 Å². The molecule has 0 N–H and O–H groups in total. The Morgan fingerprint density at radius 3 is 2.50 bits per heavy atom. The minimum Gasteiger partial charge on any atom is -0.328 e. The second kappa shape index (κ2) is 5.55. The lowest BCUT2D eigenvalue weighted by molar-refractivity contribution is 0.272. The lowest BCUT2D eigenvalue weighted by Gasteiger charge is -2.16. The molecule has 0 aromatic carbocycles. The number of hydrogen-bond donors (Lipinski definition) is 0. The molecule has 0 aliphatic heterocycles. The molecule has 1 unspecified atom stereocenters. The molecule has 12 heavy (non-hydrogen) atoms. The molecule has 0 heterocycles. The van der Waals surface area contributed by atoms with Crippen LogP contribution in [0.15, 0.2) is 12.7 Å². The van der Waals surface area contributed by atoms with E-state index < -0.39 is 7.37 Å². The predicted molar refractivity (Wildman–Crippen MR) is 54.0 cm³/mol. The largest absolute Gasteiger partial charge is 0.328 e. The van der Waals surface area contributed by atoms with Gasteiger partial charge in [0.05, 0.1) is 6.61 Å². The third-order valence-electron chi connectivity index (χ3n) is 1.53. The Labute approximate surface area is 75.5 Å². The molecular formula is C9H19O2P. The summed E-state index contributed by atoms with van der Waals surface area (Å²) in [6.45, 7) is 10.1. The fourth-order valence-electron chi connectivity index (χ4n) is 0.755. The van der Waals surface area contributed by atoms with Crippen molar-refractivity contribution in [3.05, 3.63) is 12.7 Å². The maximum absolute atomic E-state index is 11.8. The molecule has 2 nitrogen and oxygen atoms in total. The van der Waals surface area contributed by atoms with Gasteiger partial charge in [-0.1, -0.05) is 26.8 Å². The molecule has 0 bridgehead atoms. The highest BCUT2D eigenvalue weighted by Crippen LogP contribution is 2.46. The van der Waals surface area contributed by atoms with Crippen molar-refractivity contribution in [1.29, 1.82) is 0 Å². The zero-order valence-corrected chi connectivity index (χ0v) is 9.14. The van der Waals surface area contributed by atoms with Gasteiger partial charge >= 0.3 is 0 Å². The van der Waals surface area contributed by atoms with Gasteiger partial charge < -0.3 is 4.52 Å². The van der Waals surface area contributed by atoms with Gasteiger partial charge in [0.15, 0.2) is 0 Å². The maximum Gasteiger partial charge on any atom is 0.206 e. The first-order chi connectivity index (χ1) is 5.54. The number of hydrogen-bond acceptors (Lipinski definition) is 2. The molecule has 0 aromatic rings. The standard InChI is InChI=1S/C9H19O2P/c1-5-7-12(10,6-2)11-8-9(3)4/h5,9H,1,6-8H2,2-4H3. The van der Waals surface area contributed by atoms with Gasteiger partial charge in [-0.25, -0.2) is 0 Å². The van der Waals surface area contributed by atoms with Crippen molar-refractivity contribution in [1.82, 2.24) is 0 Å². The van der Waals surface area contributed by atoms with Crippen molar-refractivity contribution in [2.75, 3.05) is 18.9 Å². The molecule has 0 amide bonds. The summed E-state index contributed by atoms with van der Waals surface area (Å²) >= 11 is 0. The Kier molecular flexibility index (Phi) is 5.52. The van der Waals surface area contributed by atoms with Crippen LogP contribution in [0.25, 0.3) is 0 Å². The first-order valence-corrected chi connectivity index (χ1v) is 6.37. The van der Waals surface area contributed by atoms with Crippen LogP contribution >= 0.6 is 7.37 Å². The molecule has 0 saturated heterocycles. The Bertz CT molecular complexity index is 175. The van der Waals surface area contributed by atoms with Crippen molar-refractivity contribution in [2.45, 2.75) is 20.8 Å². The molecule has 0 aliphatic rings. The normalized spacial score (nSPS) is 16.0. The zero-order valence-electron chi connectivity index (χ0n) is 8.25. The molecule has 0 aromatic heterocycles. The topological polar surface area (TPSA) is 26.3 Å².